The topological polar surface area (TPSA) is 32.8 Å². The van der Waals surface area contributed by atoms with Crippen molar-refractivity contribution < 1.29 is 8.83 Å². The number of nitrogens with zero attached hydrogens (tertiary/aromatic N) is 2. The maximum Gasteiger partial charge on any atom is 0.159 e. The molecule has 4 nitrogen and oxygen atoms in total. The summed E-state index contributed by atoms with van der Waals surface area (Å²) in [5, 5.41) is 9.19. The summed E-state index contributed by atoms with van der Waals surface area (Å²) in [5.74, 6) is 0. The smallest absolute Gasteiger partial charge is 0.159 e. The van der Waals surface area contributed by atoms with Crippen molar-refractivity contribution in [1.29, 1.82) is 0 Å². The summed E-state index contributed by atoms with van der Waals surface area (Å²) in [4.78, 5) is 4.73. The van der Waals surface area contributed by atoms with Crippen LogP contribution < -0.4 is 9.80 Å². The van der Waals surface area contributed by atoms with Gasteiger partial charge in [-0.2, -0.15) is 0 Å². The molecule has 0 unspecified atom stereocenters. The van der Waals surface area contributed by atoms with Gasteiger partial charge in [0.05, 0.1) is 22.7 Å². The Hall–Kier alpha value is -9.64. The van der Waals surface area contributed by atoms with Gasteiger partial charge < -0.3 is 18.6 Å². The summed E-state index contributed by atoms with van der Waals surface area (Å²) in [7, 11) is 0. The molecular formula is C68H44N2O2. The summed E-state index contributed by atoms with van der Waals surface area (Å²) in [6, 6.07) is 95.4. The minimum absolute atomic E-state index is 0.824. The molecule has 338 valence electrons. The molecule has 0 aliphatic heterocycles. The second kappa shape index (κ2) is 17.1. The standard InChI is InChI=1S/C68H44N2O2/c1-2-18-49-44-50(35-34-45(49)16-1)46-36-40-51(41-37-46)69(63-30-14-26-59-57-23-7-11-32-65(57)71-67(59)63)61-28-9-5-21-55(61)56-22-6-10-29-62(56)70(64-31-15-27-60-58-24-8-12-33-66(58)72-68(60)64)52-42-38-48(39-43-52)54-25-13-19-47-17-3-4-20-53(47)54/h1-44H. The number of hydrogen-bond acceptors (Lipinski definition) is 4. The fourth-order valence-corrected chi connectivity index (χ4v) is 10.9. The third kappa shape index (κ3) is 6.92. The van der Waals surface area contributed by atoms with Crippen molar-refractivity contribution in [2.75, 3.05) is 9.80 Å². The van der Waals surface area contributed by atoms with Crippen LogP contribution in [-0.2, 0) is 0 Å². The number of fused-ring (bicyclic) bond motifs is 8. The zero-order valence-electron chi connectivity index (χ0n) is 39.1. The van der Waals surface area contributed by atoms with Crippen LogP contribution in [0.4, 0.5) is 34.1 Å². The van der Waals surface area contributed by atoms with E-state index >= 15 is 0 Å². The van der Waals surface area contributed by atoms with Gasteiger partial charge in [-0.3, -0.25) is 0 Å². The molecule has 0 saturated heterocycles. The Balaban J connectivity index is 0.971. The second-order valence-electron chi connectivity index (χ2n) is 18.4. The van der Waals surface area contributed by atoms with E-state index in [2.05, 4.69) is 265 Å². The van der Waals surface area contributed by atoms with Crippen molar-refractivity contribution in [1.82, 2.24) is 0 Å². The van der Waals surface area contributed by atoms with Gasteiger partial charge in [-0.15, -0.1) is 0 Å². The summed E-state index contributed by atoms with van der Waals surface area (Å²) >= 11 is 0. The van der Waals surface area contributed by atoms with Crippen LogP contribution in [0.5, 0.6) is 0 Å². The van der Waals surface area contributed by atoms with Gasteiger partial charge in [0, 0.05) is 44.0 Å². The molecule has 0 aliphatic carbocycles. The van der Waals surface area contributed by atoms with Crippen molar-refractivity contribution in [2.45, 2.75) is 0 Å². The number of benzene rings is 12. The van der Waals surface area contributed by atoms with Crippen LogP contribution in [0.25, 0.3) is 98.8 Å². The molecule has 72 heavy (non-hydrogen) atoms. The van der Waals surface area contributed by atoms with E-state index < -0.39 is 0 Å². The molecule has 4 heteroatoms. The van der Waals surface area contributed by atoms with Crippen LogP contribution in [0.3, 0.4) is 0 Å². The largest absolute Gasteiger partial charge is 0.454 e. The van der Waals surface area contributed by atoms with E-state index in [-0.39, 0.29) is 0 Å². The number of rotatable bonds is 9. The van der Waals surface area contributed by atoms with Crippen molar-refractivity contribution in [2.24, 2.45) is 0 Å². The third-order valence-electron chi connectivity index (χ3n) is 14.3. The lowest BCUT2D eigenvalue weighted by Gasteiger charge is -2.31. The molecule has 0 aliphatic rings. The molecule has 14 aromatic rings. The lowest BCUT2D eigenvalue weighted by molar-refractivity contribution is 0.668. The SMILES string of the molecule is c1ccc(N(c2ccc(-c3ccc4ccccc4c3)cc2)c2cccc3c2oc2ccccc23)c(-c2ccccc2N(c2ccc(-c3cccc4ccccc34)cc2)c2cccc3c2oc2ccccc23)c1. The highest BCUT2D eigenvalue weighted by atomic mass is 16.3. The van der Waals surface area contributed by atoms with Crippen LogP contribution >= 0.6 is 0 Å². The van der Waals surface area contributed by atoms with E-state index in [0.717, 1.165) is 100 Å². The maximum absolute atomic E-state index is 6.84. The Morgan fingerprint density at radius 3 is 1.24 bits per heavy atom. The van der Waals surface area contributed by atoms with Crippen LogP contribution in [0.15, 0.2) is 276 Å². The van der Waals surface area contributed by atoms with E-state index in [1.165, 1.54) is 32.7 Å². The van der Waals surface area contributed by atoms with Crippen LogP contribution in [0, 0.1) is 0 Å². The van der Waals surface area contributed by atoms with E-state index in [9.17, 15) is 0 Å². The first-order chi connectivity index (χ1) is 35.7. The van der Waals surface area contributed by atoms with Crippen molar-refractivity contribution >= 4 is 99.5 Å². The molecule has 0 fully saturated rings. The number of furan rings is 2. The molecule has 0 amide bonds. The average molecular weight is 921 g/mol. The molecule has 0 spiro atoms. The molecule has 2 aromatic heterocycles. The average Bonchev–Trinajstić information content (AvgIpc) is 4.03. The zero-order valence-corrected chi connectivity index (χ0v) is 39.1. The van der Waals surface area contributed by atoms with Gasteiger partial charge in [-0.25, -0.2) is 0 Å². The Bertz CT molecular complexity index is 4350. The number of para-hydroxylation sites is 6. The normalized spacial score (nSPS) is 11.6. The molecule has 14 rings (SSSR count). The highest BCUT2D eigenvalue weighted by Crippen LogP contribution is 2.50. The van der Waals surface area contributed by atoms with Gasteiger partial charge in [0.25, 0.3) is 0 Å². The van der Waals surface area contributed by atoms with Crippen molar-refractivity contribution in [3.63, 3.8) is 0 Å². The molecule has 0 radical (unpaired) electrons. The zero-order chi connectivity index (χ0) is 47.5. The second-order valence-corrected chi connectivity index (χ2v) is 18.4. The first kappa shape index (κ1) is 41.3. The van der Waals surface area contributed by atoms with Crippen LogP contribution in [0.2, 0.25) is 0 Å². The van der Waals surface area contributed by atoms with Crippen molar-refractivity contribution in [3.05, 3.63) is 267 Å². The lowest BCUT2D eigenvalue weighted by atomic mass is 9.96. The van der Waals surface area contributed by atoms with Gasteiger partial charge in [0.2, 0.25) is 0 Å². The predicted molar refractivity (Wildman–Crippen MR) is 302 cm³/mol. The minimum Gasteiger partial charge on any atom is -0.454 e. The summed E-state index contributed by atoms with van der Waals surface area (Å²) < 4.78 is 13.7. The summed E-state index contributed by atoms with van der Waals surface area (Å²) in [6.45, 7) is 0. The van der Waals surface area contributed by atoms with Crippen LogP contribution in [0.1, 0.15) is 0 Å². The molecular weight excluding hydrogens is 877 g/mol. The molecule has 0 N–H and O–H groups in total. The van der Waals surface area contributed by atoms with E-state index in [4.69, 9.17) is 8.83 Å². The highest BCUT2D eigenvalue weighted by molar-refractivity contribution is 6.13. The fraction of sp³-hybridized carbons (Fsp3) is 0. The highest BCUT2D eigenvalue weighted by Gasteiger charge is 2.26. The van der Waals surface area contributed by atoms with Crippen molar-refractivity contribution in [3.8, 4) is 33.4 Å². The lowest BCUT2D eigenvalue weighted by Crippen LogP contribution is -2.14. The Morgan fingerprint density at radius 1 is 0.236 bits per heavy atom. The fourth-order valence-electron chi connectivity index (χ4n) is 10.9. The van der Waals surface area contributed by atoms with E-state index in [0.29, 0.717) is 0 Å². The molecule has 12 aromatic carbocycles. The first-order valence-electron chi connectivity index (χ1n) is 24.5. The third-order valence-corrected chi connectivity index (χ3v) is 14.3. The monoisotopic (exact) mass is 920 g/mol. The minimum atomic E-state index is 0.824. The van der Waals surface area contributed by atoms with E-state index in [1.807, 2.05) is 12.1 Å². The first-order valence-corrected chi connectivity index (χ1v) is 24.5. The summed E-state index contributed by atoms with van der Waals surface area (Å²) in [5.41, 5.74) is 16.0. The Morgan fingerprint density at radius 2 is 0.639 bits per heavy atom. The van der Waals surface area contributed by atoms with E-state index in [1.54, 1.807) is 0 Å². The van der Waals surface area contributed by atoms with Gasteiger partial charge in [-0.1, -0.05) is 200 Å². The number of anilines is 6. The quantitative estimate of drug-likeness (QED) is 0.144. The van der Waals surface area contributed by atoms with Gasteiger partial charge >= 0.3 is 0 Å². The maximum atomic E-state index is 6.84. The predicted octanol–water partition coefficient (Wildman–Crippen LogP) is 19.7. The Labute approximate surface area is 416 Å². The van der Waals surface area contributed by atoms with Gasteiger partial charge in [0.15, 0.2) is 11.2 Å². The molecule has 2 heterocycles. The number of hydrogen-bond donors (Lipinski definition) is 0. The molecule has 0 saturated carbocycles. The molecule has 0 atom stereocenters. The summed E-state index contributed by atoms with van der Waals surface area (Å²) in [6.07, 6.45) is 0. The van der Waals surface area contributed by atoms with Gasteiger partial charge in [-0.05, 0) is 111 Å². The molecule has 0 bridgehead atoms. The Kier molecular flexibility index (Phi) is 9.82. The van der Waals surface area contributed by atoms with Gasteiger partial charge in [0.1, 0.15) is 11.2 Å². The van der Waals surface area contributed by atoms with Crippen LogP contribution in [-0.4, -0.2) is 0 Å².